The molecule has 0 radical (unpaired) electrons. The van der Waals surface area contributed by atoms with Gasteiger partial charge in [-0.3, -0.25) is 4.79 Å². The number of benzene rings is 2. The lowest BCUT2D eigenvalue weighted by Gasteiger charge is -2.31. The molecule has 0 unspecified atom stereocenters. The van der Waals surface area contributed by atoms with Crippen LogP contribution in [0.1, 0.15) is 53.6 Å². The zero-order valence-corrected chi connectivity index (χ0v) is 20.2. The minimum absolute atomic E-state index is 0.00276. The predicted octanol–water partition coefficient (Wildman–Crippen LogP) is 4.68. The molecule has 168 valence electrons. The van der Waals surface area contributed by atoms with Crippen molar-refractivity contribution in [3.8, 4) is 0 Å². The standard InChI is InChI=1S/C24H31ClN2O3S/c1-16-12-18(3)23(13-17(16)2)19(4)26-24(28)21-8-10-27(11-9-21)31(29,30)15-20-6-5-7-22(25)14-20/h5-7,12-14,19,21H,8-11,15H2,1-4H3,(H,26,28)/t19-/m0/s1. The van der Waals surface area contributed by atoms with E-state index in [9.17, 15) is 13.2 Å². The summed E-state index contributed by atoms with van der Waals surface area (Å²) in [6, 6.07) is 11.1. The molecule has 1 aliphatic rings. The Bertz CT molecular complexity index is 1060. The number of carbonyl (C=O) groups excluding carboxylic acids is 1. The molecule has 0 aromatic heterocycles. The molecule has 3 rings (SSSR count). The lowest BCUT2D eigenvalue weighted by Crippen LogP contribution is -2.43. The molecule has 1 aliphatic heterocycles. The van der Waals surface area contributed by atoms with E-state index in [2.05, 4.69) is 38.2 Å². The summed E-state index contributed by atoms with van der Waals surface area (Å²) in [5.41, 5.74) is 5.41. The first kappa shape index (κ1) is 23.8. The molecule has 1 atom stereocenters. The van der Waals surface area contributed by atoms with Gasteiger partial charge in [-0.2, -0.15) is 0 Å². The van der Waals surface area contributed by atoms with Gasteiger partial charge in [0.15, 0.2) is 0 Å². The van der Waals surface area contributed by atoms with Gasteiger partial charge in [-0.1, -0.05) is 35.9 Å². The SMILES string of the molecule is Cc1cc(C)c([C@H](C)NC(=O)C2CCN(S(=O)(=O)Cc3cccc(Cl)c3)CC2)cc1C. The van der Waals surface area contributed by atoms with E-state index < -0.39 is 10.0 Å². The van der Waals surface area contributed by atoms with Crippen molar-refractivity contribution in [3.05, 3.63) is 69.2 Å². The van der Waals surface area contributed by atoms with Gasteiger partial charge in [0.25, 0.3) is 0 Å². The first-order chi connectivity index (χ1) is 14.6. The van der Waals surface area contributed by atoms with Crippen molar-refractivity contribution in [2.45, 2.75) is 52.3 Å². The van der Waals surface area contributed by atoms with Gasteiger partial charge in [0, 0.05) is 24.0 Å². The maximum absolute atomic E-state index is 12.8. The minimum Gasteiger partial charge on any atom is -0.349 e. The Morgan fingerprint density at radius 1 is 1.10 bits per heavy atom. The van der Waals surface area contributed by atoms with Gasteiger partial charge >= 0.3 is 0 Å². The van der Waals surface area contributed by atoms with E-state index in [1.54, 1.807) is 24.3 Å². The smallest absolute Gasteiger partial charge is 0.223 e. The van der Waals surface area contributed by atoms with Gasteiger partial charge < -0.3 is 5.32 Å². The van der Waals surface area contributed by atoms with E-state index in [0.717, 1.165) is 11.1 Å². The number of aryl methyl sites for hydroxylation is 3. The topological polar surface area (TPSA) is 66.5 Å². The molecule has 1 N–H and O–H groups in total. The lowest BCUT2D eigenvalue weighted by atomic mass is 9.94. The summed E-state index contributed by atoms with van der Waals surface area (Å²) < 4.78 is 27.1. The van der Waals surface area contributed by atoms with Crippen LogP contribution in [-0.4, -0.2) is 31.7 Å². The third kappa shape index (κ3) is 5.88. The second-order valence-corrected chi connectivity index (χ2v) is 11.0. The molecule has 1 heterocycles. The Morgan fingerprint density at radius 2 is 1.74 bits per heavy atom. The highest BCUT2D eigenvalue weighted by molar-refractivity contribution is 7.88. The summed E-state index contributed by atoms with van der Waals surface area (Å²) in [5, 5.41) is 3.66. The summed E-state index contributed by atoms with van der Waals surface area (Å²) >= 11 is 5.97. The number of nitrogens with one attached hydrogen (secondary N) is 1. The average molecular weight is 463 g/mol. The number of carbonyl (C=O) groups is 1. The largest absolute Gasteiger partial charge is 0.349 e. The van der Waals surface area contributed by atoms with Crippen LogP contribution >= 0.6 is 11.6 Å². The van der Waals surface area contributed by atoms with Gasteiger partial charge in [-0.05, 0) is 80.5 Å². The average Bonchev–Trinajstić information content (AvgIpc) is 2.70. The maximum Gasteiger partial charge on any atom is 0.223 e. The fraction of sp³-hybridized carbons (Fsp3) is 0.458. The Labute approximate surface area is 190 Å². The molecule has 1 fully saturated rings. The van der Waals surface area contributed by atoms with Gasteiger partial charge in [0.2, 0.25) is 15.9 Å². The zero-order valence-electron chi connectivity index (χ0n) is 18.6. The highest BCUT2D eigenvalue weighted by atomic mass is 35.5. The molecular formula is C24H31ClN2O3S. The molecule has 2 aromatic rings. The Hall–Kier alpha value is -1.89. The van der Waals surface area contributed by atoms with Crippen LogP contribution in [0.2, 0.25) is 5.02 Å². The second-order valence-electron chi connectivity index (χ2n) is 8.58. The van der Waals surface area contributed by atoms with Crippen LogP contribution in [0.15, 0.2) is 36.4 Å². The predicted molar refractivity (Wildman–Crippen MR) is 126 cm³/mol. The number of amides is 1. The van der Waals surface area contributed by atoms with E-state index in [4.69, 9.17) is 11.6 Å². The Balaban J connectivity index is 1.57. The number of halogens is 1. The molecule has 0 bridgehead atoms. The van der Waals surface area contributed by atoms with Crippen molar-refractivity contribution < 1.29 is 13.2 Å². The first-order valence-electron chi connectivity index (χ1n) is 10.7. The quantitative estimate of drug-likeness (QED) is 0.677. The van der Waals surface area contributed by atoms with E-state index in [1.807, 2.05) is 6.92 Å². The summed E-state index contributed by atoms with van der Waals surface area (Å²) in [5.74, 6) is -0.253. The van der Waals surface area contributed by atoms with Crippen LogP contribution in [0.3, 0.4) is 0 Å². The molecule has 2 aromatic carbocycles. The van der Waals surface area contributed by atoms with Crippen molar-refractivity contribution >= 4 is 27.5 Å². The maximum atomic E-state index is 12.8. The molecule has 0 saturated carbocycles. The van der Waals surface area contributed by atoms with Crippen LogP contribution in [0.25, 0.3) is 0 Å². The molecule has 31 heavy (non-hydrogen) atoms. The van der Waals surface area contributed by atoms with E-state index in [1.165, 1.54) is 15.4 Å². The van der Waals surface area contributed by atoms with Gasteiger partial charge in [0.1, 0.15) is 0 Å². The van der Waals surface area contributed by atoms with E-state index >= 15 is 0 Å². The molecule has 0 spiro atoms. The molecule has 5 nitrogen and oxygen atoms in total. The third-order valence-corrected chi connectivity index (χ3v) is 8.25. The number of rotatable bonds is 6. The second kappa shape index (κ2) is 9.72. The van der Waals surface area contributed by atoms with Gasteiger partial charge in [-0.15, -0.1) is 0 Å². The lowest BCUT2D eigenvalue weighted by molar-refractivity contribution is -0.126. The van der Waals surface area contributed by atoms with Gasteiger partial charge in [-0.25, -0.2) is 12.7 Å². The summed E-state index contributed by atoms with van der Waals surface area (Å²) in [6.45, 7) is 8.94. The fourth-order valence-electron chi connectivity index (χ4n) is 4.18. The highest BCUT2D eigenvalue weighted by Gasteiger charge is 2.31. The van der Waals surface area contributed by atoms with Crippen molar-refractivity contribution in [2.75, 3.05) is 13.1 Å². The normalized spacial score (nSPS) is 16.8. The highest BCUT2D eigenvalue weighted by Crippen LogP contribution is 2.25. The fourth-order valence-corrected chi connectivity index (χ4v) is 5.95. The molecule has 7 heteroatoms. The number of sulfonamides is 1. The van der Waals surface area contributed by atoms with Crippen LogP contribution in [0.5, 0.6) is 0 Å². The van der Waals surface area contributed by atoms with Crippen molar-refractivity contribution in [3.63, 3.8) is 0 Å². The monoisotopic (exact) mass is 462 g/mol. The van der Waals surface area contributed by atoms with Crippen LogP contribution in [-0.2, 0) is 20.6 Å². The third-order valence-electron chi connectivity index (χ3n) is 6.16. The molecular weight excluding hydrogens is 432 g/mol. The number of nitrogens with zero attached hydrogens (tertiary/aromatic N) is 1. The van der Waals surface area contributed by atoms with Crippen LogP contribution < -0.4 is 5.32 Å². The zero-order chi connectivity index (χ0) is 22.8. The number of hydrogen-bond acceptors (Lipinski definition) is 3. The van der Waals surface area contributed by atoms with Gasteiger partial charge in [0.05, 0.1) is 11.8 Å². The summed E-state index contributed by atoms with van der Waals surface area (Å²) in [7, 11) is -3.44. The summed E-state index contributed by atoms with van der Waals surface area (Å²) in [4.78, 5) is 12.8. The molecule has 1 saturated heterocycles. The van der Waals surface area contributed by atoms with Crippen molar-refractivity contribution in [2.24, 2.45) is 5.92 Å². The number of piperidine rings is 1. The Morgan fingerprint density at radius 3 is 2.39 bits per heavy atom. The van der Waals surface area contributed by atoms with Crippen molar-refractivity contribution in [1.29, 1.82) is 0 Å². The van der Waals surface area contributed by atoms with Crippen LogP contribution in [0, 0.1) is 26.7 Å². The molecule has 0 aliphatic carbocycles. The van der Waals surface area contributed by atoms with E-state index in [-0.39, 0.29) is 23.6 Å². The minimum atomic E-state index is -3.44. The van der Waals surface area contributed by atoms with Crippen LogP contribution in [0.4, 0.5) is 0 Å². The van der Waals surface area contributed by atoms with E-state index in [0.29, 0.717) is 36.5 Å². The Kier molecular flexibility index (Phi) is 7.45. The molecule has 1 amide bonds. The van der Waals surface area contributed by atoms with Crippen molar-refractivity contribution in [1.82, 2.24) is 9.62 Å². The number of hydrogen-bond donors (Lipinski definition) is 1. The first-order valence-corrected chi connectivity index (χ1v) is 12.7. The summed E-state index contributed by atoms with van der Waals surface area (Å²) in [6.07, 6.45) is 1.05.